The van der Waals surface area contributed by atoms with Crippen molar-refractivity contribution in [1.29, 1.82) is 0 Å². The Balaban J connectivity index is -0.0000000818. The average molecular weight is 711 g/mol. The highest BCUT2D eigenvalue weighted by Crippen LogP contribution is 1.93. The molecule has 14 nitrogen and oxygen atoms in total. The Hall–Kier alpha value is -1.27. The Morgan fingerprint density at radius 1 is 0.312 bits per heavy atom. The molecule has 0 aromatic carbocycles. The summed E-state index contributed by atoms with van der Waals surface area (Å²) in [5, 5.41) is 106. The lowest BCUT2D eigenvalue weighted by atomic mass is 10.2. The van der Waals surface area contributed by atoms with Gasteiger partial charge < -0.3 is 66.4 Å². The Morgan fingerprint density at radius 3 is 0.438 bits per heavy atom. The number of aliphatic carboxylic acids is 1. The number of hydrogen-bond acceptors (Lipinski definition) is 13. The predicted molar refractivity (Wildman–Crippen MR) is 191 cm³/mol. The largest absolute Gasteiger partial charge is 0.478 e. The molecule has 13 N–H and O–H groups in total. The van der Waals surface area contributed by atoms with Crippen molar-refractivity contribution in [3.05, 3.63) is 12.2 Å². The van der Waals surface area contributed by atoms with E-state index in [1.165, 1.54) is 6.92 Å². The molecule has 0 spiro atoms. The lowest BCUT2D eigenvalue weighted by Crippen LogP contribution is -1.92. The van der Waals surface area contributed by atoms with E-state index in [0.29, 0.717) is 0 Å². The van der Waals surface area contributed by atoms with E-state index in [4.69, 9.17) is 66.4 Å². The van der Waals surface area contributed by atoms with Gasteiger partial charge in [-0.15, -0.1) is 0 Å². The number of carboxylic acid groups (broad SMARTS) is 1. The van der Waals surface area contributed by atoms with E-state index in [1.807, 2.05) is 0 Å². The third kappa shape index (κ3) is 120. The first-order valence-corrected chi connectivity index (χ1v) is 17.3. The van der Waals surface area contributed by atoms with Crippen LogP contribution in [0.25, 0.3) is 0 Å². The number of unbranched alkanes of at least 4 members (excludes halogenated alkanes) is 12. The number of aliphatic hydroxyl groups excluding tert-OH is 12. The highest BCUT2D eigenvalue weighted by Gasteiger charge is 1.90. The number of rotatable bonds is 25. The van der Waals surface area contributed by atoms with Gasteiger partial charge in [-0.2, -0.15) is 0 Å². The molecule has 0 amide bonds. The number of hydrogen-bond donors (Lipinski definition) is 13. The zero-order valence-corrected chi connectivity index (χ0v) is 30.1. The molecule has 298 valence electrons. The van der Waals surface area contributed by atoms with Crippen LogP contribution >= 0.6 is 0 Å². The van der Waals surface area contributed by atoms with Gasteiger partial charge in [0.25, 0.3) is 0 Å². The molecule has 0 saturated heterocycles. The van der Waals surface area contributed by atoms with Crippen LogP contribution in [0.15, 0.2) is 12.2 Å². The summed E-state index contributed by atoms with van der Waals surface area (Å²) >= 11 is 0. The summed E-state index contributed by atoms with van der Waals surface area (Å²) in [5.74, 6) is -0.935. The second-order valence-electron chi connectivity index (χ2n) is 10.1. The number of carboxylic acids is 1. The third-order valence-corrected chi connectivity index (χ3v) is 5.26. The van der Waals surface area contributed by atoms with Gasteiger partial charge in [0.15, 0.2) is 0 Å². The molecule has 0 rings (SSSR count). The zero-order chi connectivity index (χ0) is 38.4. The molecule has 0 unspecified atom stereocenters. The Bertz CT molecular complexity index is 373. The summed E-state index contributed by atoms with van der Waals surface area (Å²) in [6.45, 7) is 7.60. The van der Waals surface area contributed by atoms with E-state index < -0.39 is 5.97 Å². The summed E-state index contributed by atoms with van der Waals surface area (Å²) < 4.78 is 0. The molecule has 14 heteroatoms. The number of carbonyl (C=O) groups is 1. The Kier molecular flexibility index (Phi) is 97.8. The van der Waals surface area contributed by atoms with Crippen molar-refractivity contribution in [3.63, 3.8) is 0 Å². The molecule has 0 aliphatic rings. The molecule has 0 atom stereocenters. The number of aliphatic hydroxyl groups is 12. The van der Waals surface area contributed by atoms with Crippen molar-refractivity contribution in [3.8, 4) is 0 Å². The molecular formula is C34H78O14. The summed E-state index contributed by atoms with van der Waals surface area (Å²) in [5.41, 5.74) is 0.176. The maximum atomic E-state index is 9.60. The van der Waals surface area contributed by atoms with E-state index in [-0.39, 0.29) is 84.9 Å². The first-order chi connectivity index (χ1) is 23.1. The third-order valence-electron chi connectivity index (χ3n) is 5.26. The molecule has 0 fully saturated rings. The lowest BCUT2D eigenvalue weighted by Gasteiger charge is -1.90. The fourth-order valence-corrected chi connectivity index (χ4v) is 2.40. The van der Waals surface area contributed by atoms with Crippen LogP contribution in [0.1, 0.15) is 122 Å². The van der Waals surface area contributed by atoms with Gasteiger partial charge in [0.2, 0.25) is 0 Å². The average Bonchev–Trinajstić information content (AvgIpc) is 3.08. The smallest absolute Gasteiger partial charge is 0.330 e. The van der Waals surface area contributed by atoms with Crippen molar-refractivity contribution in [2.75, 3.05) is 79.3 Å². The highest BCUT2D eigenvalue weighted by atomic mass is 16.4. The van der Waals surface area contributed by atoms with Crippen LogP contribution in [0.2, 0.25) is 0 Å². The fraction of sp³-hybridized carbons (Fsp3) is 0.912. The van der Waals surface area contributed by atoms with E-state index in [9.17, 15) is 4.79 Å². The molecule has 0 aromatic heterocycles. The Labute approximate surface area is 291 Å². The van der Waals surface area contributed by atoms with E-state index in [1.54, 1.807) is 0 Å². The molecule has 0 bridgehead atoms. The van der Waals surface area contributed by atoms with Gasteiger partial charge >= 0.3 is 5.97 Å². The second kappa shape index (κ2) is 75.9. The van der Waals surface area contributed by atoms with Gasteiger partial charge in [-0.05, 0) is 122 Å². The molecule has 0 heterocycles. The van der Waals surface area contributed by atoms with Crippen LogP contribution in [-0.4, -0.2) is 152 Å². The van der Waals surface area contributed by atoms with Crippen molar-refractivity contribution >= 4 is 5.97 Å². The molecule has 0 saturated carbocycles. The van der Waals surface area contributed by atoms with Gasteiger partial charge in [-0.25, -0.2) is 4.79 Å². The maximum Gasteiger partial charge on any atom is 0.330 e. The van der Waals surface area contributed by atoms with Crippen molar-refractivity contribution < 1.29 is 71.2 Å². The topological polar surface area (TPSA) is 280 Å². The minimum Gasteiger partial charge on any atom is -0.478 e. The van der Waals surface area contributed by atoms with Crippen molar-refractivity contribution in [2.45, 2.75) is 122 Å². The second-order valence-corrected chi connectivity index (χ2v) is 10.1. The molecular weight excluding hydrogens is 632 g/mol. The van der Waals surface area contributed by atoms with Crippen LogP contribution in [0.5, 0.6) is 0 Å². The molecule has 48 heavy (non-hydrogen) atoms. The fourth-order valence-electron chi connectivity index (χ4n) is 2.40. The zero-order valence-electron chi connectivity index (χ0n) is 30.1. The quantitative estimate of drug-likeness (QED) is 0.0472. The maximum absolute atomic E-state index is 9.60. The summed E-state index contributed by atoms with van der Waals surface area (Å²) in [6, 6.07) is 0. The lowest BCUT2D eigenvalue weighted by molar-refractivity contribution is -0.132. The summed E-state index contributed by atoms with van der Waals surface area (Å²) in [6.07, 6.45) is 15.5. The van der Waals surface area contributed by atoms with E-state index >= 15 is 0 Å². The minimum absolute atomic E-state index is 0.176. The van der Waals surface area contributed by atoms with Gasteiger partial charge in [-0.3, -0.25) is 0 Å². The summed E-state index contributed by atoms with van der Waals surface area (Å²) in [4.78, 5) is 9.60. The standard InChI is InChI=1S/6C5H12O2.C4H6O2/c6*6-4-2-1-3-5-7;1-3(2)4(5)6/h6*6-7H,1-5H2;1H2,2H3,(H,5,6). The van der Waals surface area contributed by atoms with Gasteiger partial charge in [0, 0.05) is 84.9 Å². The highest BCUT2D eigenvalue weighted by molar-refractivity contribution is 5.84. The van der Waals surface area contributed by atoms with Gasteiger partial charge in [-0.1, -0.05) is 6.58 Å². The first kappa shape index (κ1) is 61.9. The van der Waals surface area contributed by atoms with E-state index in [0.717, 1.165) is 116 Å². The van der Waals surface area contributed by atoms with Crippen molar-refractivity contribution in [2.24, 2.45) is 0 Å². The minimum atomic E-state index is -0.935. The molecule has 0 radical (unpaired) electrons. The first-order valence-electron chi connectivity index (χ1n) is 17.3. The van der Waals surface area contributed by atoms with Gasteiger partial charge in [0.05, 0.1) is 0 Å². The summed E-state index contributed by atoms with van der Waals surface area (Å²) in [7, 11) is 0. The normalized spacial score (nSPS) is 9.19. The van der Waals surface area contributed by atoms with Crippen LogP contribution in [0.3, 0.4) is 0 Å². The van der Waals surface area contributed by atoms with Gasteiger partial charge in [0.1, 0.15) is 0 Å². The monoisotopic (exact) mass is 711 g/mol. The molecule has 0 aliphatic heterocycles. The SMILES string of the molecule is C=C(C)C(=O)O.OCCCCCO.OCCCCCO.OCCCCCO.OCCCCCO.OCCCCCO.OCCCCCO. The molecule has 0 aliphatic carbocycles. The van der Waals surface area contributed by atoms with Crippen LogP contribution < -0.4 is 0 Å². The van der Waals surface area contributed by atoms with E-state index in [2.05, 4.69) is 6.58 Å². The van der Waals surface area contributed by atoms with Crippen molar-refractivity contribution in [1.82, 2.24) is 0 Å². The predicted octanol–water partition coefficient (Wildman–Crippen LogP) is 1.49. The van der Waals surface area contributed by atoms with Crippen LogP contribution in [0, 0.1) is 0 Å². The van der Waals surface area contributed by atoms with Crippen LogP contribution in [-0.2, 0) is 4.79 Å². The van der Waals surface area contributed by atoms with Crippen LogP contribution in [0.4, 0.5) is 0 Å². The molecule has 0 aromatic rings. The Morgan fingerprint density at radius 2 is 0.396 bits per heavy atom.